The Morgan fingerprint density at radius 2 is 1.68 bits per heavy atom. The fourth-order valence-corrected chi connectivity index (χ4v) is 2.63. The lowest BCUT2D eigenvalue weighted by Crippen LogP contribution is -2.62. The molecule has 0 unspecified atom stereocenters. The first-order valence-corrected chi connectivity index (χ1v) is 7.21. The van der Waals surface area contributed by atoms with E-state index >= 15 is 0 Å². The van der Waals surface area contributed by atoms with Crippen LogP contribution < -0.4 is 0 Å². The topological polar surface area (TPSA) is 138 Å². The van der Waals surface area contributed by atoms with Gasteiger partial charge in [-0.05, 0) is 6.92 Å². The second-order valence-corrected chi connectivity index (χ2v) is 5.62. The Labute approximate surface area is 128 Å². The molecule has 9 heteroatoms. The number of methoxy groups -OCH3 is 1. The van der Waals surface area contributed by atoms with Gasteiger partial charge in [0.2, 0.25) is 0 Å². The Morgan fingerprint density at radius 1 is 1.00 bits per heavy atom. The number of rotatable bonds is 4. The molecule has 0 aromatic heterocycles. The van der Waals surface area contributed by atoms with E-state index in [1.807, 2.05) is 0 Å². The smallest absolute Gasteiger partial charge is 0.186 e. The zero-order chi connectivity index (χ0) is 16.4. The minimum Gasteiger partial charge on any atom is -0.394 e. The molecule has 2 rings (SSSR count). The standard InChI is InChI=1S/C13H24O9/c1-5-6(15)3-7(16)12(20-5)22-11-9(17)8(4-14)21-13(19-2)10(11)18/h5-18H,3-4H2,1-2H3/t5-,6-,7-,8-,9+,10+,11+,12-,13+/m1/s1. The van der Waals surface area contributed by atoms with Gasteiger partial charge in [0.1, 0.15) is 30.5 Å². The lowest BCUT2D eigenvalue weighted by atomic mass is 9.98. The van der Waals surface area contributed by atoms with E-state index in [9.17, 15) is 25.5 Å². The number of hydrogen-bond acceptors (Lipinski definition) is 9. The zero-order valence-electron chi connectivity index (χ0n) is 12.5. The zero-order valence-corrected chi connectivity index (χ0v) is 12.5. The highest BCUT2D eigenvalue weighted by Crippen LogP contribution is 2.28. The molecular formula is C13H24O9. The largest absolute Gasteiger partial charge is 0.394 e. The van der Waals surface area contributed by atoms with E-state index in [1.165, 1.54) is 7.11 Å². The summed E-state index contributed by atoms with van der Waals surface area (Å²) in [5, 5.41) is 49.0. The summed E-state index contributed by atoms with van der Waals surface area (Å²) in [4.78, 5) is 0. The van der Waals surface area contributed by atoms with Crippen molar-refractivity contribution in [2.75, 3.05) is 13.7 Å². The first-order valence-electron chi connectivity index (χ1n) is 7.21. The Morgan fingerprint density at radius 3 is 2.27 bits per heavy atom. The molecule has 130 valence electrons. The van der Waals surface area contributed by atoms with Crippen LogP contribution in [-0.2, 0) is 18.9 Å². The molecule has 2 fully saturated rings. The number of aliphatic hydroxyl groups excluding tert-OH is 5. The maximum absolute atomic E-state index is 10.1. The molecule has 2 aliphatic rings. The fraction of sp³-hybridized carbons (Fsp3) is 1.00. The van der Waals surface area contributed by atoms with Crippen LogP contribution in [0.3, 0.4) is 0 Å². The fourth-order valence-electron chi connectivity index (χ4n) is 2.63. The highest BCUT2D eigenvalue weighted by Gasteiger charge is 2.48. The van der Waals surface area contributed by atoms with Gasteiger partial charge in [-0.25, -0.2) is 0 Å². The highest BCUT2D eigenvalue weighted by molar-refractivity contribution is 4.91. The molecule has 0 radical (unpaired) electrons. The summed E-state index contributed by atoms with van der Waals surface area (Å²) in [7, 11) is 1.31. The summed E-state index contributed by atoms with van der Waals surface area (Å²) in [6.45, 7) is 1.13. The van der Waals surface area contributed by atoms with Crippen LogP contribution in [0.5, 0.6) is 0 Å². The Bertz CT molecular complexity index is 338. The predicted molar refractivity (Wildman–Crippen MR) is 70.6 cm³/mol. The highest BCUT2D eigenvalue weighted by atomic mass is 16.7. The van der Waals surface area contributed by atoms with Crippen LogP contribution in [0.15, 0.2) is 0 Å². The lowest BCUT2D eigenvalue weighted by Gasteiger charge is -2.44. The third-order valence-electron chi connectivity index (χ3n) is 4.03. The summed E-state index contributed by atoms with van der Waals surface area (Å²) in [5.74, 6) is 0. The van der Waals surface area contributed by atoms with Gasteiger partial charge >= 0.3 is 0 Å². The van der Waals surface area contributed by atoms with Crippen LogP contribution in [0.2, 0.25) is 0 Å². The molecule has 0 aromatic rings. The second-order valence-electron chi connectivity index (χ2n) is 5.62. The Kier molecular flexibility index (Phi) is 6.11. The molecule has 9 atom stereocenters. The molecule has 0 bridgehead atoms. The molecule has 2 aliphatic heterocycles. The average molecular weight is 324 g/mol. The van der Waals surface area contributed by atoms with Crippen LogP contribution in [0.4, 0.5) is 0 Å². The van der Waals surface area contributed by atoms with Crippen molar-refractivity contribution in [3.8, 4) is 0 Å². The second kappa shape index (κ2) is 7.47. The van der Waals surface area contributed by atoms with Gasteiger partial charge in [0, 0.05) is 13.5 Å². The number of hydrogen-bond donors (Lipinski definition) is 5. The van der Waals surface area contributed by atoms with E-state index in [4.69, 9.17) is 18.9 Å². The Hall–Kier alpha value is -0.360. The molecule has 9 nitrogen and oxygen atoms in total. The molecule has 5 N–H and O–H groups in total. The van der Waals surface area contributed by atoms with Crippen LogP contribution in [0.1, 0.15) is 13.3 Å². The molecule has 2 saturated heterocycles. The molecule has 0 saturated carbocycles. The van der Waals surface area contributed by atoms with Crippen molar-refractivity contribution >= 4 is 0 Å². The van der Waals surface area contributed by atoms with Crippen molar-refractivity contribution in [3.05, 3.63) is 0 Å². The monoisotopic (exact) mass is 324 g/mol. The maximum atomic E-state index is 10.1. The summed E-state index contributed by atoms with van der Waals surface area (Å²) < 4.78 is 21.0. The van der Waals surface area contributed by atoms with Gasteiger partial charge in [0.15, 0.2) is 12.6 Å². The van der Waals surface area contributed by atoms with Gasteiger partial charge < -0.3 is 44.5 Å². The SMILES string of the molecule is CO[C@H]1O[C@H](CO)[C@H](O)[C@H](O[C@H]2O[C@H](C)[C@H](O)C[C@H]2O)[C@@H]1O. The van der Waals surface area contributed by atoms with E-state index in [1.54, 1.807) is 6.92 Å². The maximum Gasteiger partial charge on any atom is 0.186 e. The molecule has 0 aliphatic carbocycles. The lowest BCUT2D eigenvalue weighted by molar-refractivity contribution is -0.345. The van der Waals surface area contributed by atoms with Crippen LogP contribution in [0, 0.1) is 0 Å². The first-order chi connectivity index (χ1) is 10.4. The van der Waals surface area contributed by atoms with Gasteiger partial charge in [0.05, 0.1) is 18.8 Å². The summed E-state index contributed by atoms with van der Waals surface area (Å²) in [6.07, 6.45) is -9.49. The molecule has 0 amide bonds. The Balaban J connectivity index is 2.07. The van der Waals surface area contributed by atoms with Gasteiger partial charge in [-0.15, -0.1) is 0 Å². The van der Waals surface area contributed by atoms with Gasteiger partial charge in [-0.1, -0.05) is 0 Å². The van der Waals surface area contributed by atoms with Gasteiger partial charge in [-0.3, -0.25) is 0 Å². The third kappa shape index (κ3) is 3.58. The molecule has 0 aromatic carbocycles. The van der Waals surface area contributed by atoms with E-state index in [2.05, 4.69) is 0 Å². The van der Waals surface area contributed by atoms with Crippen molar-refractivity contribution in [1.29, 1.82) is 0 Å². The van der Waals surface area contributed by atoms with Crippen LogP contribution >= 0.6 is 0 Å². The summed E-state index contributed by atoms with van der Waals surface area (Å²) >= 11 is 0. The van der Waals surface area contributed by atoms with Gasteiger partial charge in [0.25, 0.3) is 0 Å². The van der Waals surface area contributed by atoms with Crippen molar-refractivity contribution in [1.82, 2.24) is 0 Å². The summed E-state index contributed by atoms with van der Waals surface area (Å²) in [6, 6.07) is 0. The average Bonchev–Trinajstić information content (AvgIpc) is 2.49. The van der Waals surface area contributed by atoms with Gasteiger partial charge in [-0.2, -0.15) is 0 Å². The quantitative estimate of drug-likeness (QED) is 0.374. The minimum absolute atomic E-state index is 0.0539. The molecule has 0 spiro atoms. The molecule has 22 heavy (non-hydrogen) atoms. The van der Waals surface area contributed by atoms with E-state index in [0.717, 1.165) is 0 Å². The predicted octanol–water partition coefficient (Wildman–Crippen LogP) is -2.69. The van der Waals surface area contributed by atoms with Crippen molar-refractivity contribution in [3.63, 3.8) is 0 Å². The molecule has 2 heterocycles. The number of ether oxygens (including phenoxy) is 4. The van der Waals surface area contributed by atoms with Crippen molar-refractivity contribution in [2.24, 2.45) is 0 Å². The first kappa shape index (κ1) is 18.0. The van der Waals surface area contributed by atoms with Crippen LogP contribution in [0.25, 0.3) is 0 Å². The number of aliphatic hydroxyl groups is 5. The molecular weight excluding hydrogens is 300 g/mol. The van der Waals surface area contributed by atoms with E-state index in [-0.39, 0.29) is 6.42 Å². The van der Waals surface area contributed by atoms with E-state index < -0.39 is 61.9 Å². The van der Waals surface area contributed by atoms with Crippen molar-refractivity contribution < 1.29 is 44.5 Å². The normalized spacial score (nSPS) is 50.0. The van der Waals surface area contributed by atoms with Crippen molar-refractivity contribution in [2.45, 2.75) is 68.7 Å². The van der Waals surface area contributed by atoms with E-state index in [0.29, 0.717) is 0 Å². The minimum atomic E-state index is -1.33. The van der Waals surface area contributed by atoms with Crippen LogP contribution in [-0.4, -0.2) is 94.6 Å². The summed E-state index contributed by atoms with van der Waals surface area (Å²) in [5.41, 5.74) is 0. The third-order valence-corrected chi connectivity index (χ3v) is 4.03.